The predicted octanol–water partition coefficient (Wildman–Crippen LogP) is 3.76. The summed E-state index contributed by atoms with van der Waals surface area (Å²) in [4.78, 5) is 10.5. The Labute approximate surface area is 83.6 Å². The molecule has 0 bridgehead atoms. The van der Waals surface area contributed by atoms with Crippen molar-refractivity contribution in [2.45, 2.75) is 20.8 Å². The fourth-order valence-corrected chi connectivity index (χ4v) is 0.738. The van der Waals surface area contributed by atoms with Crippen LogP contribution < -0.4 is 0 Å². The third-order valence-electron chi connectivity index (χ3n) is 1.02. The van der Waals surface area contributed by atoms with Gasteiger partial charge in [0.05, 0.1) is 5.57 Å². The third kappa shape index (κ3) is 6.29. The number of hydrogen-bond donors (Lipinski definition) is 0. The standard InChI is InChI=1S/C8H8ClFO.C2H6/c1-3-5-7(10)6(4-2)8(9)11;1-2/h3-5H,1H2,2H3;1-2H3/b6-4+,7-5+;. The van der Waals surface area contributed by atoms with E-state index in [2.05, 4.69) is 6.58 Å². The second-order valence-electron chi connectivity index (χ2n) is 1.73. The van der Waals surface area contributed by atoms with E-state index in [4.69, 9.17) is 11.6 Å². The van der Waals surface area contributed by atoms with Gasteiger partial charge >= 0.3 is 0 Å². The van der Waals surface area contributed by atoms with E-state index in [1.165, 1.54) is 19.1 Å². The zero-order chi connectivity index (χ0) is 10.9. The smallest absolute Gasteiger partial charge is 0.255 e. The summed E-state index contributed by atoms with van der Waals surface area (Å²) in [5, 5.41) is -0.803. The molecule has 0 aromatic rings. The first-order chi connectivity index (χ1) is 6.13. The Kier molecular flexibility index (Phi) is 10.3. The molecule has 0 radical (unpaired) electrons. The van der Waals surface area contributed by atoms with Crippen molar-refractivity contribution in [3.8, 4) is 0 Å². The van der Waals surface area contributed by atoms with Gasteiger partial charge in [-0.3, -0.25) is 4.79 Å². The van der Waals surface area contributed by atoms with Crippen molar-refractivity contribution >= 4 is 16.8 Å². The Balaban J connectivity index is 0. The van der Waals surface area contributed by atoms with Gasteiger partial charge in [0.1, 0.15) is 5.83 Å². The van der Waals surface area contributed by atoms with Gasteiger partial charge in [0.15, 0.2) is 0 Å². The highest BCUT2D eigenvalue weighted by atomic mass is 35.5. The predicted molar refractivity (Wildman–Crippen MR) is 55.4 cm³/mol. The highest BCUT2D eigenvalue weighted by molar-refractivity contribution is 6.68. The maximum Gasteiger partial charge on any atom is 0.255 e. The lowest BCUT2D eigenvalue weighted by molar-refractivity contribution is -0.108. The molecule has 0 unspecified atom stereocenters. The number of hydrogen-bond acceptors (Lipinski definition) is 1. The molecule has 0 aliphatic heterocycles. The molecule has 0 saturated heterocycles. The van der Waals surface area contributed by atoms with Crippen LogP contribution in [0, 0.1) is 0 Å². The van der Waals surface area contributed by atoms with Crippen LogP contribution in [0.5, 0.6) is 0 Å². The van der Waals surface area contributed by atoms with Gasteiger partial charge in [0.2, 0.25) is 0 Å². The zero-order valence-corrected chi connectivity index (χ0v) is 8.86. The average molecular weight is 205 g/mol. The molecule has 0 atom stereocenters. The number of carbonyl (C=O) groups excluding carboxylic acids is 1. The molecular weight excluding hydrogens is 191 g/mol. The van der Waals surface area contributed by atoms with Crippen LogP contribution in [0.25, 0.3) is 0 Å². The van der Waals surface area contributed by atoms with Gasteiger partial charge in [-0.25, -0.2) is 4.39 Å². The number of halogens is 2. The lowest BCUT2D eigenvalue weighted by Crippen LogP contribution is -1.93. The maximum atomic E-state index is 12.7. The molecule has 0 fully saturated rings. The van der Waals surface area contributed by atoms with Crippen molar-refractivity contribution in [2.75, 3.05) is 0 Å². The highest BCUT2D eigenvalue weighted by Gasteiger charge is 2.08. The van der Waals surface area contributed by atoms with Crippen LogP contribution in [0.1, 0.15) is 20.8 Å². The van der Waals surface area contributed by atoms with Crippen LogP contribution in [0.15, 0.2) is 36.2 Å². The van der Waals surface area contributed by atoms with Crippen LogP contribution in [-0.2, 0) is 4.79 Å². The van der Waals surface area contributed by atoms with E-state index in [-0.39, 0.29) is 5.57 Å². The molecule has 1 nitrogen and oxygen atoms in total. The molecule has 13 heavy (non-hydrogen) atoms. The van der Waals surface area contributed by atoms with E-state index in [0.29, 0.717) is 0 Å². The summed E-state index contributed by atoms with van der Waals surface area (Å²) in [6.45, 7) is 8.81. The topological polar surface area (TPSA) is 17.1 Å². The van der Waals surface area contributed by atoms with Crippen molar-refractivity contribution < 1.29 is 9.18 Å². The zero-order valence-electron chi connectivity index (χ0n) is 8.10. The van der Waals surface area contributed by atoms with Gasteiger partial charge in [0.25, 0.3) is 5.24 Å². The minimum absolute atomic E-state index is 0.133. The van der Waals surface area contributed by atoms with Gasteiger partial charge in [0, 0.05) is 0 Å². The normalized spacial score (nSPS) is 11.5. The highest BCUT2D eigenvalue weighted by Crippen LogP contribution is 2.14. The average Bonchev–Trinajstić information content (AvgIpc) is 2.09. The first kappa shape index (κ1) is 14.6. The maximum absolute atomic E-state index is 12.7. The molecule has 3 heteroatoms. The molecule has 0 heterocycles. The molecule has 0 rings (SSSR count). The number of rotatable bonds is 3. The Hall–Kier alpha value is -0.890. The first-order valence-corrected chi connectivity index (χ1v) is 4.36. The van der Waals surface area contributed by atoms with Gasteiger partial charge in [-0.2, -0.15) is 0 Å². The minimum Gasteiger partial charge on any atom is -0.276 e. The number of allylic oxidation sites excluding steroid dienone is 5. The molecule has 0 amide bonds. The summed E-state index contributed by atoms with van der Waals surface area (Å²) in [6, 6.07) is 0. The minimum atomic E-state index is -0.803. The lowest BCUT2D eigenvalue weighted by atomic mass is 10.2. The van der Waals surface area contributed by atoms with Crippen molar-refractivity contribution in [1.29, 1.82) is 0 Å². The molecule has 0 aliphatic rings. The fourth-order valence-electron chi connectivity index (χ4n) is 0.539. The van der Waals surface area contributed by atoms with E-state index in [1.54, 1.807) is 0 Å². The lowest BCUT2D eigenvalue weighted by Gasteiger charge is -1.94. The third-order valence-corrected chi connectivity index (χ3v) is 1.23. The van der Waals surface area contributed by atoms with Gasteiger partial charge in [-0.15, -0.1) is 0 Å². The van der Waals surface area contributed by atoms with Crippen LogP contribution in [-0.4, -0.2) is 5.24 Å². The Morgan fingerprint density at radius 1 is 1.46 bits per heavy atom. The summed E-state index contributed by atoms with van der Waals surface area (Å²) in [7, 11) is 0. The van der Waals surface area contributed by atoms with Crippen molar-refractivity contribution in [3.63, 3.8) is 0 Å². The molecule has 0 aromatic carbocycles. The van der Waals surface area contributed by atoms with Crippen LogP contribution >= 0.6 is 11.6 Å². The number of carbonyl (C=O) groups is 1. The van der Waals surface area contributed by atoms with Crippen molar-refractivity contribution in [2.24, 2.45) is 0 Å². The van der Waals surface area contributed by atoms with Crippen molar-refractivity contribution in [1.82, 2.24) is 0 Å². The first-order valence-electron chi connectivity index (χ1n) is 3.98. The van der Waals surface area contributed by atoms with E-state index < -0.39 is 11.1 Å². The second-order valence-corrected chi connectivity index (χ2v) is 2.07. The van der Waals surface area contributed by atoms with E-state index in [0.717, 1.165) is 6.08 Å². The van der Waals surface area contributed by atoms with Gasteiger partial charge in [-0.1, -0.05) is 32.6 Å². The molecule has 0 saturated carbocycles. The summed E-state index contributed by atoms with van der Waals surface area (Å²) >= 11 is 5.05. The monoisotopic (exact) mass is 204 g/mol. The van der Waals surface area contributed by atoms with Crippen LogP contribution in [0.2, 0.25) is 0 Å². The van der Waals surface area contributed by atoms with E-state index >= 15 is 0 Å². The summed E-state index contributed by atoms with van der Waals surface area (Å²) in [5.41, 5.74) is -0.133. The van der Waals surface area contributed by atoms with E-state index in [9.17, 15) is 9.18 Å². The molecule has 0 N–H and O–H groups in total. The molecule has 0 spiro atoms. The molecule has 0 aliphatic carbocycles. The van der Waals surface area contributed by atoms with Crippen LogP contribution in [0.3, 0.4) is 0 Å². The molecular formula is C10H14ClFO. The SMILES string of the molecule is C=C/C=C(F)\C(=C/C)C(=O)Cl.CC. The second kappa shape index (κ2) is 9.20. The summed E-state index contributed by atoms with van der Waals surface area (Å²) < 4.78 is 12.7. The summed E-state index contributed by atoms with van der Waals surface area (Å²) in [6.07, 6.45) is 3.64. The Morgan fingerprint density at radius 3 is 2.15 bits per heavy atom. The molecule has 74 valence electrons. The Morgan fingerprint density at radius 2 is 1.92 bits per heavy atom. The quantitative estimate of drug-likeness (QED) is 0.389. The van der Waals surface area contributed by atoms with E-state index in [1.807, 2.05) is 13.8 Å². The Bertz CT molecular complexity index is 229. The van der Waals surface area contributed by atoms with Crippen LogP contribution in [0.4, 0.5) is 4.39 Å². The van der Waals surface area contributed by atoms with Gasteiger partial charge in [-0.05, 0) is 24.6 Å². The largest absolute Gasteiger partial charge is 0.276 e. The molecule has 0 aromatic heterocycles. The van der Waals surface area contributed by atoms with Gasteiger partial charge < -0.3 is 0 Å². The summed E-state index contributed by atoms with van der Waals surface area (Å²) in [5.74, 6) is -0.664. The van der Waals surface area contributed by atoms with Crippen molar-refractivity contribution in [3.05, 3.63) is 36.2 Å². The fraction of sp³-hybridized carbons (Fsp3) is 0.300.